The van der Waals surface area contributed by atoms with Crippen LogP contribution in [0.4, 0.5) is 5.69 Å². The van der Waals surface area contributed by atoms with Gasteiger partial charge in [-0.1, -0.05) is 51.1 Å². The smallest absolute Gasteiger partial charge is 0.270 e. The molecule has 0 atom stereocenters. The van der Waals surface area contributed by atoms with Crippen molar-refractivity contribution in [3.63, 3.8) is 0 Å². The monoisotopic (exact) mass is 359 g/mol. The lowest BCUT2D eigenvalue weighted by Crippen LogP contribution is -2.39. The number of benzene rings is 2. The van der Waals surface area contributed by atoms with Gasteiger partial charge in [0.25, 0.3) is 10.0 Å². The van der Waals surface area contributed by atoms with Gasteiger partial charge in [0.1, 0.15) is 0 Å². The second kappa shape index (κ2) is 7.00. The number of hydrogen-bond acceptors (Lipinski definition) is 3. The second-order valence-electron chi connectivity index (χ2n) is 7.43. The van der Waals surface area contributed by atoms with Crippen molar-refractivity contribution in [1.82, 2.24) is 0 Å². The average Bonchev–Trinajstić information content (AvgIpc) is 2.50. The molecular formula is C20H25NO3S. The summed E-state index contributed by atoms with van der Waals surface area (Å²) in [5, 5.41) is 0. The molecule has 2 aromatic rings. The van der Waals surface area contributed by atoms with Crippen molar-refractivity contribution in [2.75, 3.05) is 4.31 Å². The van der Waals surface area contributed by atoms with E-state index in [1.165, 1.54) is 12.1 Å². The van der Waals surface area contributed by atoms with E-state index in [-0.39, 0.29) is 16.7 Å². The van der Waals surface area contributed by atoms with Crippen LogP contribution in [0.15, 0.2) is 53.4 Å². The maximum Gasteiger partial charge on any atom is 0.270 e. The molecule has 0 N–H and O–H groups in total. The molecule has 0 fully saturated rings. The number of aryl methyl sites for hydroxylation is 1. The van der Waals surface area contributed by atoms with Gasteiger partial charge in [0.2, 0.25) is 5.91 Å². The van der Waals surface area contributed by atoms with Gasteiger partial charge in [-0.3, -0.25) is 4.79 Å². The number of hydrogen-bond donors (Lipinski definition) is 0. The van der Waals surface area contributed by atoms with Crippen LogP contribution in [0.2, 0.25) is 0 Å². The highest BCUT2D eigenvalue weighted by atomic mass is 32.2. The number of nitrogens with zero attached hydrogens (tertiary/aromatic N) is 1. The molecule has 0 aliphatic heterocycles. The third-order valence-corrected chi connectivity index (χ3v) is 5.73. The van der Waals surface area contributed by atoms with Gasteiger partial charge in [0.15, 0.2) is 0 Å². The van der Waals surface area contributed by atoms with Crippen LogP contribution in [0.5, 0.6) is 0 Å². The first kappa shape index (κ1) is 19.2. The van der Waals surface area contributed by atoms with E-state index in [1.807, 2.05) is 40.7 Å². The van der Waals surface area contributed by atoms with Gasteiger partial charge in [-0.2, -0.15) is 0 Å². The highest BCUT2D eigenvalue weighted by Gasteiger charge is 2.34. The molecule has 0 aliphatic rings. The minimum Gasteiger partial charge on any atom is -0.273 e. The Morgan fingerprint density at radius 2 is 1.56 bits per heavy atom. The van der Waals surface area contributed by atoms with Crippen molar-refractivity contribution in [2.24, 2.45) is 5.41 Å². The van der Waals surface area contributed by atoms with Crippen LogP contribution in [0.1, 0.15) is 38.3 Å². The molecule has 25 heavy (non-hydrogen) atoms. The highest BCUT2D eigenvalue weighted by molar-refractivity contribution is 7.93. The van der Waals surface area contributed by atoms with Crippen LogP contribution < -0.4 is 4.31 Å². The number of carbonyl (C=O) groups excluding carboxylic acids is 1. The fourth-order valence-electron chi connectivity index (χ4n) is 2.58. The summed E-state index contributed by atoms with van der Waals surface area (Å²) in [5.74, 6) is -0.426. The van der Waals surface area contributed by atoms with Gasteiger partial charge in [0, 0.05) is 6.42 Å². The van der Waals surface area contributed by atoms with Crippen molar-refractivity contribution in [2.45, 2.75) is 45.9 Å². The summed E-state index contributed by atoms with van der Waals surface area (Å²) in [6.07, 6.45) is 0.131. The quantitative estimate of drug-likeness (QED) is 0.810. The van der Waals surface area contributed by atoms with E-state index in [2.05, 4.69) is 0 Å². The summed E-state index contributed by atoms with van der Waals surface area (Å²) in [7, 11) is -3.98. The summed E-state index contributed by atoms with van der Waals surface area (Å²) in [6, 6.07) is 13.4. The van der Waals surface area contributed by atoms with Crippen LogP contribution in [0.3, 0.4) is 0 Å². The molecule has 0 aliphatic carbocycles. The Morgan fingerprint density at radius 1 is 0.960 bits per heavy atom. The number of carbonyl (C=O) groups is 1. The molecule has 1 amide bonds. The molecule has 0 bridgehead atoms. The molecule has 0 spiro atoms. The third kappa shape index (κ3) is 4.28. The molecule has 0 heterocycles. The predicted molar refractivity (Wildman–Crippen MR) is 101 cm³/mol. The Morgan fingerprint density at radius 3 is 2.12 bits per heavy atom. The summed E-state index contributed by atoms with van der Waals surface area (Å²) in [5.41, 5.74) is 1.82. The Bertz CT molecular complexity index is 866. The standard InChI is InChI=1S/C20H25NO3S/c1-15-10-9-13-18(16(15)2)21(19(22)14-20(3,4)5)25(23,24)17-11-7-6-8-12-17/h6-13H,14H2,1-5H3. The van der Waals surface area contributed by atoms with Gasteiger partial charge in [0.05, 0.1) is 10.6 Å². The number of anilines is 1. The molecule has 134 valence electrons. The first-order valence-corrected chi connectivity index (χ1v) is 9.67. The zero-order valence-electron chi connectivity index (χ0n) is 15.4. The van der Waals surface area contributed by atoms with Crippen LogP contribution in [0.25, 0.3) is 0 Å². The lowest BCUT2D eigenvalue weighted by Gasteiger charge is -2.28. The Kier molecular flexibility index (Phi) is 5.37. The first-order valence-electron chi connectivity index (χ1n) is 8.23. The summed E-state index contributed by atoms with van der Waals surface area (Å²) in [4.78, 5) is 13.1. The van der Waals surface area contributed by atoms with Gasteiger partial charge in [-0.25, -0.2) is 12.7 Å². The molecule has 2 aromatic carbocycles. The minimum atomic E-state index is -3.98. The van der Waals surface area contributed by atoms with Crippen molar-refractivity contribution < 1.29 is 13.2 Å². The average molecular weight is 359 g/mol. The van der Waals surface area contributed by atoms with Crippen molar-refractivity contribution in [1.29, 1.82) is 0 Å². The zero-order valence-corrected chi connectivity index (χ0v) is 16.2. The topological polar surface area (TPSA) is 54.5 Å². The second-order valence-corrected chi connectivity index (χ2v) is 9.22. The Balaban J connectivity index is 2.65. The molecular weight excluding hydrogens is 334 g/mol. The predicted octanol–water partition coefficient (Wildman–Crippen LogP) is 4.46. The molecule has 4 nitrogen and oxygen atoms in total. The maximum atomic E-state index is 13.2. The van der Waals surface area contributed by atoms with E-state index in [9.17, 15) is 13.2 Å². The molecule has 0 saturated carbocycles. The Hall–Kier alpha value is -2.14. The van der Waals surface area contributed by atoms with Gasteiger partial charge in [-0.05, 0) is 48.6 Å². The maximum absolute atomic E-state index is 13.2. The van der Waals surface area contributed by atoms with E-state index in [0.717, 1.165) is 15.4 Å². The van der Waals surface area contributed by atoms with E-state index >= 15 is 0 Å². The molecule has 0 aromatic heterocycles. The van der Waals surface area contributed by atoms with E-state index in [4.69, 9.17) is 0 Å². The summed E-state index contributed by atoms with van der Waals surface area (Å²) < 4.78 is 27.4. The molecule has 0 radical (unpaired) electrons. The summed E-state index contributed by atoms with van der Waals surface area (Å²) in [6.45, 7) is 9.49. The van der Waals surface area contributed by atoms with Crippen LogP contribution in [-0.4, -0.2) is 14.3 Å². The third-order valence-electron chi connectivity index (χ3n) is 3.98. The fourth-order valence-corrected chi connectivity index (χ4v) is 4.08. The number of rotatable bonds is 4. The minimum absolute atomic E-state index is 0.109. The zero-order chi connectivity index (χ0) is 18.8. The molecule has 0 saturated heterocycles. The van der Waals surface area contributed by atoms with Crippen molar-refractivity contribution >= 4 is 21.6 Å². The van der Waals surface area contributed by atoms with Crippen LogP contribution in [-0.2, 0) is 14.8 Å². The SMILES string of the molecule is Cc1cccc(N(C(=O)CC(C)(C)C)S(=O)(=O)c2ccccc2)c1C. The van der Waals surface area contributed by atoms with Crippen molar-refractivity contribution in [3.05, 3.63) is 59.7 Å². The van der Waals surface area contributed by atoms with E-state index in [1.54, 1.807) is 30.3 Å². The normalized spacial score (nSPS) is 12.0. The largest absolute Gasteiger partial charge is 0.273 e. The van der Waals surface area contributed by atoms with Crippen molar-refractivity contribution in [3.8, 4) is 0 Å². The lowest BCUT2D eigenvalue weighted by atomic mass is 9.92. The molecule has 0 unspecified atom stereocenters. The number of sulfonamides is 1. The Labute approximate surface area is 150 Å². The highest BCUT2D eigenvalue weighted by Crippen LogP contribution is 2.31. The number of amides is 1. The van der Waals surface area contributed by atoms with Gasteiger partial charge in [-0.15, -0.1) is 0 Å². The molecule has 2 rings (SSSR count). The van der Waals surface area contributed by atoms with Gasteiger partial charge < -0.3 is 0 Å². The fraction of sp³-hybridized carbons (Fsp3) is 0.350. The van der Waals surface area contributed by atoms with Crippen LogP contribution >= 0.6 is 0 Å². The van der Waals surface area contributed by atoms with Crippen LogP contribution in [0, 0.1) is 19.3 Å². The first-order chi connectivity index (χ1) is 11.5. The lowest BCUT2D eigenvalue weighted by molar-refractivity contribution is -0.119. The van der Waals surface area contributed by atoms with E-state index in [0.29, 0.717) is 5.69 Å². The van der Waals surface area contributed by atoms with Gasteiger partial charge >= 0.3 is 0 Å². The van der Waals surface area contributed by atoms with E-state index < -0.39 is 15.9 Å². The molecule has 5 heteroatoms. The summed E-state index contributed by atoms with van der Waals surface area (Å²) >= 11 is 0.